The van der Waals surface area contributed by atoms with Crippen molar-refractivity contribution in [2.24, 2.45) is 0 Å². The van der Waals surface area contributed by atoms with Crippen molar-refractivity contribution in [1.29, 1.82) is 0 Å². The summed E-state index contributed by atoms with van der Waals surface area (Å²) in [5.74, 6) is 0. The topological polar surface area (TPSA) is 46.2 Å². The Morgan fingerprint density at radius 2 is 1.00 bits per heavy atom. The quantitative estimate of drug-likeness (QED) is 0.397. The van der Waals surface area contributed by atoms with Crippen molar-refractivity contribution >= 4 is 52.8 Å². The van der Waals surface area contributed by atoms with Crippen LogP contribution in [0.15, 0.2) is 0 Å². The standard InChI is InChI=1S/C15H44O5Si6/c1-15(2)16-24(7,8)20-26(11,12)19-23(5,6)14-13-22(3,4)18-25(9,10)17-21/h15H,13-14H2,1-12,21H3. The second kappa shape index (κ2) is 9.74. The second-order valence-electron chi connectivity index (χ2n) is 9.90. The van der Waals surface area contributed by atoms with Crippen molar-refractivity contribution < 1.29 is 20.9 Å². The molecule has 0 N–H and O–H groups in total. The van der Waals surface area contributed by atoms with Crippen LogP contribution >= 0.6 is 0 Å². The molecule has 0 spiro atoms. The summed E-state index contributed by atoms with van der Waals surface area (Å²) in [7, 11) is -9.15. The van der Waals surface area contributed by atoms with Crippen LogP contribution in [-0.4, -0.2) is 58.9 Å². The molecule has 0 amide bonds. The monoisotopic (exact) mass is 472 g/mol. The van der Waals surface area contributed by atoms with Crippen molar-refractivity contribution in [2.45, 2.75) is 97.5 Å². The molecule has 0 aromatic carbocycles. The van der Waals surface area contributed by atoms with Crippen molar-refractivity contribution in [1.82, 2.24) is 0 Å². The van der Waals surface area contributed by atoms with Crippen LogP contribution in [0.1, 0.15) is 13.8 Å². The smallest absolute Gasteiger partial charge is 0.323 e. The molecule has 0 saturated heterocycles. The summed E-state index contributed by atoms with van der Waals surface area (Å²) in [5.41, 5.74) is 0. The average molecular weight is 473 g/mol. The van der Waals surface area contributed by atoms with Gasteiger partial charge in [-0.15, -0.1) is 0 Å². The van der Waals surface area contributed by atoms with Crippen LogP contribution in [0.5, 0.6) is 0 Å². The maximum absolute atomic E-state index is 6.66. The summed E-state index contributed by atoms with van der Waals surface area (Å²) in [6.07, 6.45) is 0.187. The summed E-state index contributed by atoms with van der Waals surface area (Å²) in [5, 5.41) is 0. The Kier molecular flexibility index (Phi) is 10.1. The highest BCUT2D eigenvalue weighted by Gasteiger charge is 2.42. The molecule has 0 unspecified atom stereocenters. The van der Waals surface area contributed by atoms with Gasteiger partial charge in [0.1, 0.15) is 10.5 Å². The van der Waals surface area contributed by atoms with Gasteiger partial charge >= 0.3 is 25.7 Å². The van der Waals surface area contributed by atoms with Gasteiger partial charge in [-0.05, 0) is 91.4 Å². The molecule has 0 aliphatic rings. The van der Waals surface area contributed by atoms with Crippen molar-refractivity contribution in [3.8, 4) is 0 Å². The van der Waals surface area contributed by atoms with Crippen molar-refractivity contribution in [3.63, 3.8) is 0 Å². The molecule has 0 saturated carbocycles. The fraction of sp³-hybridized carbons (Fsp3) is 1.00. The average Bonchev–Trinajstić information content (AvgIpc) is 2.30. The van der Waals surface area contributed by atoms with E-state index in [9.17, 15) is 0 Å². The third-order valence-electron chi connectivity index (χ3n) is 3.88. The predicted octanol–water partition coefficient (Wildman–Crippen LogP) is 4.27. The molecule has 0 atom stereocenters. The van der Waals surface area contributed by atoms with E-state index >= 15 is 0 Å². The molecule has 0 fully saturated rings. The fourth-order valence-electron chi connectivity index (χ4n) is 3.28. The highest BCUT2D eigenvalue weighted by Crippen LogP contribution is 2.28. The molecule has 5 nitrogen and oxygen atoms in total. The highest BCUT2D eigenvalue weighted by atomic mass is 28.5. The largest absolute Gasteiger partial charge is 0.445 e. The first kappa shape index (κ1) is 27.1. The summed E-state index contributed by atoms with van der Waals surface area (Å²) >= 11 is 0. The van der Waals surface area contributed by atoms with Gasteiger partial charge in [0.15, 0.2) is 16.6 Å². The lowest BCUT2D eigenvalue weighted by atomic mass is 10.5. The minimum absolute atomic E-state index is 0.187. The van der Waals surface area contributed by atoms with E-state index in [-0.39, 0.29) is 6.10 Å². The van der Waals surface area contributed by atoms with Crippen LogP contribution in [0.25, 0.3) is 0 Å². The Morgan fingerprint density at radius 1 is 0.615 bits per heavy atom. The Labute approximate surface area is 171 Å². The lowest BCUT2D eigenvalue weighted by molar-refractivity contribution is 0.178. The molecule has 0 aliphatic carbocycles. The molecular weight excluding hydrogens is 429 g/mol. The van der Waals surface area contributed by atoms with Crippen LogP contribution in [-0.2, 0) is 20.9 Å². The zero-order valence-corrected chi connectivity index (χ0v) is 26.5. The molecular formula is C15H44O5Si6. The van der Waals surface area contributed by atoms with Gasteiger partial charge in [0, 0.05) is 6.10 Å². The van der Waals surface area contributed by atoms with Crippen LogP contribution in [0, 0.1) is 0 Å². The third kappa shape index (κ3) is 12.5. The SMILES string of the molecule is CC(C)O[Si](C)(C)O[Si](C)(C)O[Si](C)(C)CC[Si](C)(C)O[Si](C)(C)O[SiH3]. The van der Waals surface area contributed by atoms with Gasteiger partial charge in [0.2, 0.25) is 0 Å². The van der Waals surface area contributed by atoms with Crippen LogP contribution in [0.2, 0.25) is 77.6 Å². The normalized spacial score (nSPS) is 15.1. The number of hydrogen-bond donors (Lipinski definition) is 0. The van der Waals surface area contributed by atoms with Crippen molar-refractivity contribution in [2.75, 3.05) is 0 Å². The first-order chi connectivity index (χ1) is 11.3. The van der Waals surface area contributed by atoms with E-state index in [2.05, 4.69) is 79.3 Å². The molecule has 0 aliphatic heterocycles. The second-order valence-corrected chi connectivity index (χ2v) is 30.7. The van der Waals surface area contributed by atoms with E-state index < -0.39 is 42.3 Å². The van der Waals surface area contributed by atoms with Gasteiger partial charge < -0.3 is 20.9 Å². The third-order valence-corrected chi connectivity index (χ3v) is 24.5. The van der Waals surface area contributed by atoms with Crippen LogP contribution in [0.4, 0.5) is 0 Å². The minimum atomic E-state index is -2.23. The van der Waals surface area contributed by atoms with Gasteiger partial charge in [-0.3, -0.25) is 0 Å². The number of hydrogen-bond acceptors (Lipinski definition) is 5. The van der Waals surface area contributed by atoms with Gasteiger partial charge in [-0.1, -0.05) is 0 Å². The molecule has 0 aromatic heterocycles. The summed E-state index contributed by atoms with van der Waals surface area (Å²) in [6, 6.07) is 2.21. The summed E-state index contributed by atoms with van der Waals surface area (Å²) < 4.78 is 31.3. The van der Waals surface area contributed by atoms with Crippen LogP contribution in [0.3, 0.4) is 0 Å². The zero-order chi connectivity index (χ0) is 21.0. The van der Waals surface area contributed by atoms with Gasteiger partial charge in [-0.2, -0.15) is 0 Å². The first-order valence-corrected chi connectivity index (χ1v) is 25.1. The lowest BCUT2D eigenvalue weighted by Gasteiger charge is -2.40. The fourth-order valence-corrected chi connectivity index (χ4v) is 27.2. The Bertz CT molecular complexity index is 440. The maximum Gasteiger partial charge on any atom is 0.323 e. The molecule has 26 heavy (non-hydrogen) atoms. The van der Waals surface area contributed by atoms with E-state index in [0.29, 0.717) is 0 Å². The molecule has 0 radical (unpaired) electrons. The van der Waals surface area contributed by atoms with E-state index in [1.54, 1.807) is 0 Å². The highest BCUT2D eigenvalue weighted by molar-refractivity contribution is 6.88. The number of rotatable bonds is 12. The maximum atomic E-state index is 6.66. The molecule has 0 bridgehead atoms. The van der Waals surface area contributed by atoms with E-state index in [4.69, 9.17) is 20.9 Å². The van der Waals surface area contributed by atoms with E-state index in [0.717, 1.165) is 22.6 Å². The Hall–Kier alpha value is 1.10. The van der Waals surface area contributed by atoms with E-state index in [1.807, 2.05) is 0 Å². The van der Waals surface area contributed by atoms with Crippen LogP contribution < -0.4 is 0 Å². The predicted molar refractivity (Wildman–Crippen MR) is 128 cm³/mol. The summed E-state index contributed by atoms with van der Waals surface area (Å²) in [4.78, 5) is 0. The molecule has 0 aromatic rings. The Balaban J connectivity index is 4.81. The molecule has 11 heteroatoms. The van der Waals surface area contributed by atoms with Gasteiger partial charge in [-0.25, -0.2) is 0 Å². The van der Waals surface area contributed by atoms with Crippen molar-refractivity contribution in [3.05, 3.63) is 0 Å². The molecule has 0 rings (SSSR count). The summed E-state index contributed by atoms with van der Waals surface area (Å²) in [6.45, 7) is 26.2. The Morgan fingerprint density at radius 3 is 1.35 bits per heavy atom. The zero-order valence-electron chi connectivity index (χ0n) is 19.5. The molecule has 158 valence electrons. The molecule has 0 heterocycles. The van der Waals surface area contributed by atoms with Gasteiger partial charge in [0.05, 0.1) is 0 Å². The lowest BCUT2D eigenvalue weighted by Crippen LogP contribution is -2.54. The minimum Gasteiger partial charge on any atom is -0.445 e. The van der Waals surface area contributed by atoms with E-state index in [1.165, 1.54) is 0 Å². The first-order valence-electron chi connectivity index (χ1n) is 9.64. The van der Waals surface area contributed by atoms with Gasteiger partial charge in [0.25, 0.3) is 0 Å².